The highest BCUT2D eigenvalue weighted by Gasteiger charge is 2.55. The van der Waals surface area contributed by atoms with Crippen LogP contribution in [0, 0.1) is 41.4 Å². The monoisotopic (exact) mass is 322 g/mol. The van der Waals surface area contributed by atoms with Gasteiger partial charge in [0.1, 0.15) is 6.61 Å². The molecule has 23 heavy (non-hydrogen) atoms. The van der Waals surface area contributed by atoms with Crippen LogP contribution in [0.15, 0.2) is 0 Å². The molecule has 4 fully saturated rings. The number of rotatable bonds is 2. The molecular weight excluding hydrogens is 292 g/mol. The van der Waals surface area contributed by atoms with Crippen LogP contribution >= 0.6 is 0 Å². The second kappa shape index (κ2) is 6.12. The molecule has 4 saturated carbocycles. The van der Waals surface area contributed by atoms with Crippen LogP contribution in [0.25, 0.3) is 0 Å². The molecule has 4 aliphatic rings. The Labute approximate surface area is 138 Å². The molecule has 0 aromatic carbocycles. The number of carbonyl (C=O) groups excluding carboxylic acids is 1. The molecule has 0 bridgehead atoms. The topological polar surface area (TPSA) is 77.8 Å². The Hall–Kier alpha value is -0.450. The van der Waals surface area contributed by atoms with E-state index in [2.05, 4.69) is 0 Å². The van der Waals surface area contributed by atoms with Gasteiger partial charge in [0.2, 0.25) is 0 Å². The van der Waals surface area contributed by atoms with Crippen molar-refractivity contribution in [1.82, 2.24) is 0 Å². The molecule has 0 amide bonds. The molecule has 0 aromatic heterocycles. The molecule has 0 heterocycles. The lowest BCUT2D eigenvalue weighted by Crippen LogP contribution is -2.52. The fourth-order valence-electron chi connectivity index (χ4n) is 7.01. The van der Waals surface area contributed by atoms with E-state index in [1.807, 2.05) is 0 Å². The molecule has 0 aliphatic heterocycles. The third-order valence-corrected chi connectivity index (χ3v) is 7.83. The van der Waals surface area contributed by atoms with Crippen LogP contribution in [-0.2, 0) is 4.79 Å². The minimum atomic E-state index is -0.347. The van der Waals surface area contributed by atoms with Gasteiger partial charge in [0, 0.05) is 5.92 Å². The Morgan fingerprint density at radius 3 is 2.35 bits per heavy atom. The van der Waals surface area contributed by atoms with Gasteiger partial charge in [-0.05, 0) is 86.9 Å². The van der Waals surface area contributed by atoms with Gasteiger partial charge in [-0.25, -0.2) is 0 Å². The molecule has 0 spiro atoms. The second-order valence-corrected chi connectivity index (χ2v) is 8.65. The van der Waals surface area contributed by atoms with Gasteiger partial charge in [-0.2, -0.15) is 0 Å². The standard InChI is InChI=1S/C19H30O4/c20-9-18(23)14-6-5-13-15-3-1-10-7-11(21)2-4-12(10)19(15)17(22)8-16(13)14/h10-17,19-22H,1-9H2/t10-,11-,12?,13?,14?,15?,16?,17?,19?/m1/s1. The van der Waals surface area contributed by atoms with E-state index in [0.717, 1.165) is 44.9 Å². The molecule has 4 aliphatic carbocycles. The van der Waals surface area contributed by atoms with Crippen molar-refractivity contribution in [1.29, 1.82) is 0 Å². The lowest BCUT2D eigenvalue weighted by atomic mass is 9.52. The van der Waals surface area contributed by atoms with Crippen LogP contribution in [0.2, 0.25) is 0 Å². The number of carbonyl (C=O) groups is 1. The van der Waals surface area contributed by atoms with E-state index in [4.69, 9.17) is 0 Å². The number of fused-ring (bicyclic) bond motifs is 5. The summed E-state index contributed by atoms with van der Waals surface area (Å²) in [6.07, 6.45) is 7.49. The van der Waals surface area contributed by atoms with Crippen molar-refractivity contribution in [2.24, 2.45) is 41.4 Å². The summed E-state index contributed by atoms with van der Waals surface area (Å²) in [5.74, 6) is 2.91. The maximum atomic E-state index is 12.0. The van der Waals surface area contributed by atoms with Gasteiger partial charge >= 0.3 is 0 Å². The predicted molar refractivity (Wildman–Crippen MR) is 85.5 cm³/mol. The summed E-state index contributed by atoms with van der Waals surface area (Å²) < 4.78 is 0. The van der Waals surface area contributed by atoms with Crippen LogP contribution in [-0.4, -0.2) is 39.9 Å². The highest BCUT2D eigenvalue weighted by Crippen LogP contribution is 2.59. The quantitative estimate of drug-likeness (QED) is 0.724. The average molecular weight is 322 g/mol. The third-order valence-electron chi connectivity index (χ3n) is 7.83. The van der Waals surface area contributed by atoms with Crippen molar-refractivity contribution < 1.29 is 20.1 Å². The van der Waals surface area contributed by atoms with Crippen LogP contribution in [0.3, 0.4) is 0 Å². The summed E-state index contributed by atoms with van der Waals surface area (Å²) in [5.41, 5.74) is 0. The number of aliphatic hydroxyl groups is 3. The summed E-state index contributed by atoms with van der Waals surface area (Å²) in [6, 6.07) is 0. The van der Waals surface area contributed by atoms with Crippen molar-refractivity contribution >= 4 is 5.78 Å². The number of aliphatic hydroxyl groups excluding tert-OH is 3. The van der Waals surface area contributed by atoms with Gasteiger partial charge in [0.25, 0.3) is 0 Å². The van der Waals surface area contributed by atoms with E-state index in [0.29, 0.717) is 29.6 Å². The zero-order chi connectivity index (χ0) is 16.1. The van der Waals surface area contributed by atoms with Crippen molar-refractivity contribution in [3.8, 4) is 0 Å². The maximum absolute atomic E-state index is 12.0. The van der Waals surface area contributed by atoms with E-state index < -0.39 is 0 Å². The van der Waals surface area contributed by atoms with Gasteiger partial charge in [-0.1, -0.05) is 0 Å². The minimum Gasteiger partial charge on any atom is -0.393 e. The van der Waals surface area contributed by atoms with Gasteiger partial charge in [-0.3, -0.25) is 4.79 Å². The summed E-state index contributed by atoms with van der Waals surface area (Å²) in [4.78, 5) is 12.0. The lowest BCUT2D eigenvalue weighted by molar-refractivity contribution is -0.133. The second-order valence-electron chi connectivity index (χ2n) is 8.65. The molecule has 4 rings (SSSR count). The highest BCUT2D eigenvalue weighted by atomic mass is 16.3. The van der Waals surface area contributed by atoms with E-state index >= 15 is 0 Å². The lowest BCUT2D eigenvalue weighted by Gasteiger charge is -2.54. The van der Waals surface area contributed by atoms with Gasteiger partial charge < -0.3 is 15.3 Å². The van der Waals surface area contributed by atoms with E-state index in [1.165, 1.54) is 6.42 Å². The van der Waals surface area contributed by atoms with Crippen LogP contribution in [0.5, 0.6) is 0 Å². The number of hydrogen-bond donors (Lipinski definition) is 3. The normalized spacial score (nSPS) is 52.4. The van der Waals surface area contributed by atoms with Gasteiger partial charge in [-0.15, -0.1) is 0 Å². The summed E-state index contributed by atoms with van der Waals surface area (Å²) in [7, 11) is 0. The minimum absolute atomic E-state index is 0.0161. The molecule has 9 atom stereocenters. The molecule has 0 aromatic rings. The molecule has 4 nitrogen and oxygen atoms in total. The largest absolute Gasteiger partial charge is 0.393 e. The molecular formula is C19H30O4. The van der Waals surface area contributed by atoms with Crippen LogP contribution in [0.1, 0.15) is 51.4 Å². The highest BCUT2D eigenvalue weighted by molar-refractivity contribution is 5.82. The summed E-state index contributed by atoms with van der Waals surface area (Å²) in [6.45, 7) is -0.347. The first-order valence-corrected chi connectivity index (χ1v) is 9.59. The zero-order valence-corrected chi connectivity index (χ0v) is 13.8. The van der Waals surface area contributed by atoms with E-state index in [1.54, 1.807) is 0 Å². The van der Waals surface area contributed by atoms with Crippen molar-refractivity contribution in [2.45, 2.75) is 63.6 Å². The maximum Gasteiger partial charge on any atom is 0.161 e. The summed E-state index contributed by atoms with van der Waals surface area (Å²) in [5, 5.41) is 30.1. The Balaban J connectivity index is 1.55. The Kier molecular flexibility index (Phi) is 4.27. The first-order chi connectivity index (χ1) is 11.1. The predicted octanol–water partition coefficient (Wildman–Crippen LogP) is 1.76. The summed E-state index contributed by atoms with van der Waals surface area (Å²) >= 11 is 0. The van der Waals surface area contributed by atoms with Gasteiger partial charge in [0.05, 0.1) is 12.2 Å². The first kappa shape index (κ1) is 16.0. The smallest absolute Gasteiger partial charge is 0.161 e. The molecule has 130 valence electrons. The third kappa shape index (κ3) is 2.58. The SMILES string of the molecule is O=C(CO)C1CCC2C1CC(O)C1C2CC[C@@H]2C[C@H](O)CCC12. The Morgan fingerprint density at radius 1 is 0.826 bits per heavy atom. The van der Waals surface area contributed by atoms with Crippen molar-refractivity contribution in [3.05, 3.63) is 0 Å². The molecule has 4 heteroatoms. The van der Waals surface area contributed by atoms with E-state index in [-0.39, 0.29) is 36.4 Å². The van der Waals surface area contributed by atoms with Crippen LogP contribution in [0.4, 0.5) is 0 Å². The number of ketones is 1. The zero-order valence-electron chi connectivity index (χ0n) is 13.8. The van der Waals surface area contributed by atoms with E-state index in [9.17, 15) is 20.1 Å². The molecule has 0 radical (unpaired) electrons. The Bertz CT molecular complexity index is 464. The van der Waals surface area contributed by atoms with Gasteiger partial charge in [0.15, 0.2) is 5.78 Å². The average Bonchev–Trinajstić information content (AvgIpc) is 2.97. The molecule has 7 unspecified atom stereocenters. The number of Topliss-reactive ketones (excluding diaryl/α,β-unsaturated/α-hetero) is 1. The fourth-order valence-corrected chi connectivity index (χ4v) is 7.01. The Morgan fingerprint density at radius 2 is 1.57 bits per heavy atom. The van der Waals surface area contributed by atoms with Crippen LogP contribution < -0.4 is 0 Å². The molecule has 0 saturated heterocycles. The van der Waals surface area contributed by atoms with Crippen molar-refractivity contribution in [3.63, 3.8) is 0 Å². The molecule has 3 N–H and O–H groups in total. The number of hydrogen-bond acceptors (Lipinski definition) is 4. The fraction of sp³-hybridized carbons (Fsp3) is 0.947. The van der Waals surface area contributed by atoms with Crippen molar-refractivity contribution in [2.75, 3.05) is 6.61 Å². The first-order valence-electron chi connectivity index (χ1n) is 9.59.